The predicted octanol–water partition coefficient (Wildman–Crippen LogP) is 2.26. The molecule has 2 heterocycles. The molecule has 1 aromatic carbocycles. The van der Waals surface area contributed by atoms with Gasteiger partial charge in [0.25, 0.3) is 0 Å². The first-order valence-electron chi connectivity index (χ1n) is 6.15. The van der Waals surface area contributed by atoms with E-state index in [1.165, 1.54) is 6.20 Å². The summed E-state index contributed by atoms with van der Waals surface area (Å²) in [7, 11) is 0. The number of aromatic nitrogens is 1. The van der Waals surface area contributed by atoms with Gasteiger partial charge in [-0.15, -0.1) is 0 Å². The van der Waals surface area contributed by atoms with Crippen LogP contribution in [0.1, 0.15) is 15.9 Å². The van der Waals surface area contributed by atoms with E-state index in [4.69, 9.17) is 14.6 Å². The van der Waals surface area contributed by atoms with E-state index in [1.807, 2.05) is 0 Å². The van der Waals surface area contributed by atoms with Crippen LogP contribution in [0.5, 0.6) is 11.5 Å². The summed E-state index contributed by atoms with van der Waals surface area (Å²) in [5, 5.41) is 11.6. The van der Waals surface area contributed by atoms with Crippen molar-refractivity contribution in [1.29, 1.82) is 0 Å². The van der Waals surface area contributed by atoms with Gasteiger partial charge in [0.15, 0.2) is 23.1 Å². The van der Waals surface area contributed by atoms with Gasteiger partial charge in [0.1, 0.15) is 5.56 Å². The molecule has 0 fully saturated rings. The number of benzene rings is 1. The quantitative estimate of drug-likeness (QED) is 0.899. The van der Waals surface area contributed by atoms with E-state index in [9.17, 15) is 9.18 Å². The van der Waals surface area contributed by atoms with Crippen LogP contribution in [0.3, 0.4) is 0 Å². The number of halogens is 1. The Balaban J connectivity index is 1.76. The number of anilines is 1. The fourth-order valence-electron chi connectivity index (χ4n) is 1.97. The molecular weight excluding hydrogens is 279 g/mol. The maximum absolute atomic E-state index is 13.9. The minimum atomic E-state index is -1.33. The van der Waals surface area contributed by atoms with Gasteiger partial charge in [0.05, 0.1) is 0 Å². The Bertz CT molecular complexity index is 705. The van der Waals surface area contributed by atoms with E-state index in [0.29, 0.717) is 11.5 Å². The summed E-state index contributed by atoms with van der Waals surface area (Å²) in [4.78, 5) is 14.7. The highest BCUT2D eigenvalue weighted by Gasteiger charge is 2.16. The molecule has 7 heteroatoms. The largest absolute Gasteiger partial charge is 0.478 e. The smallest absolute Gasteiger partial charge is 0.338 e. The van der Waals surface area contributed by atoms with Crippen LogP contribution in [0.15, 0.2) is 30.5 Å². The molecule has 2 aromatic rings. The number of carbonyl (C=O) groups is 1. The summed E-state index contributed by atoms with van der Waals surface area (Å²) in [5.74, 6) is -1.03. The molecule has 0 saturated carbocycles. The van der Waals surface area contributed by atoms with Crippen molar-refractivity contribution in [2.45, 2.75) is 6.54 Å². The van der Waals surface area contributed by atoms with Crippen molar-refractivity contribution in [3.63, 3.8) is 0 Å². The molecule has 1 aliphatic heterocycles. The van der Waals surface area contributed by atoms with Gasteiger partial charge in [-0.1, -0.05) is 6.07 Å². The van der Waals surface area contributed by atoms with E-state index >= 15 is 0 Å². The second-order valence-corrected chi connectivity index (χ2v) is 4.37. The van der Waals surface area contributed by atoms with Gasteiger partial charge < -0.3 is 19.9 Å². The van der Waals surface area contributed by atoms with Crippen LogP contribution in [-0.2, 0) is 6.54 Å². The van der Waals surface area contributed by atoms with Crippen LogP contribution >= 0.6 is 0 Å². The predicted molar refractivity (Wildman–Crippen MR) is 71.0 cm³/mol. The lowest BCUT2D eigenvalue weighted by Gasteiger charge is -2.08. The van der Waals surface area contributed by atoms with Gasteiger partial charge in [-0.05, 0) is 23.8 Å². The number of ether oxygens (including phenoxy) is 2. The Morgan fingerprint density at radius 1 is 1.33 bits per heavy atom. The maximum atomic E-state index is 13.9. The number of fused-ring (bicyclic) bond motifs is 1. The molecule has 3 rings (SSSR count). The topological polar surface area (TPSA) is 80.7 Å². The molecule has 1 aromatic heterocycles. The zero-order valence-electron chi connectivity index (χ0n) is 10.8. The first-order chi connectivity index (χ1) is 10.1. The van der Waals surface area contributed by atoms with E-state index in [0.717, 1.165) is 11.6 Å². The van der Waals surface area contributed by atoms with E-state index in [2.05, 4.69) is 10.3 Å². The summed E-state index contributed by atoms with van der Waals surface area (Å²) in [6, 6.07) is 6.45. The molecule has 0 saturated heterocycles. The van der Waals surface area contributed by atoms with Gasteiger partial charge in [0, 0.05) is 12.7 Å². The third kappa shape index (κ3) is 2.58. The number of nitrogens with one attached hydrogen (secondary N) is 1. The zero-order chi connectivity index (χ0) is 14.8. The number of rotatable bonds is 4. The first-order valence-corrected chi connectivity index (χ1v) is 6.15. The number of nitrogens with zero attached hydrogens (tertiary/aromatic N) is 1. The molecule has 0 aliphatic carbocycles. The fourth-order valence-corrected chi connectivity index (χ4v) is 1.97. The number of hydrogen-bond donors (Lipinski definition) is 2. The first kappa shape index (κ1) is 13.2. The number of carboxylic acid groups (broad SMARTS) is 1. The average Bonchev–Trinajstić information content (AvgIpc) is 2.93. The molecule has 0 unspecified atom stereocenters. The summed E-state index contributed by atoms with van der Waals surface area (Å²) in [5.41, 5.74) is 0.416. The van der Waals surface area contributed by atoms with Gasteiger partial charge >= 0.3 is 5.97 Å². The van der Waals surface area contributed by atoms with Crippen molar-refractivity contribution >= 4 is 11.8 Å². The van der Waals surface area contributed by atoms with Crippen LogP contribution in [0, 0.1) is 5.82 Å². The van der Waals surface area contributed by atoms with Crippen molar-refractivity contribution in [2.75, 3.05) is 12.1 Å². The van der Waals surface area contributed by atoms with E-state index < -0.39 is 17.3 Å². The van der Waals surface area contributed by atoms with Crippen molar-refractivity contribution in [2.24, 2.45) is 0 Å². The molecule has 0 atom stereocenters. The van der Waals surface area contributed by atoms with Crippen LogP contribution < -0.4 is 14.8 Å². The summed E-state index contributed by atoms with van der Waals surface area (Å²) < 4.78 is 24.3. The molecular formula is C14H11FN2O4. The van der Waals surface area contributed by atoms with Crippen molar-refractivity contribution < 1.29 is 23.8 Å². The zero-order valence-corrected chi connectivity index (χ0v) is 10.8. The Labute approximate surface area is 119 Å². The molecule has 108 valence electrons. The van der Waals surface area contributed by atoms with Crippen LogP contribution in [0.2, 0.25) is 0 Å². The SMILES string of the molecule is O=C(O)c1ccnc(NCc2ccc3c(c2)OCO3)c1F. The van der Waals surface area contributed by atoms with Crippen LogP contribution in [0.25, 0.3) is 0 Å². The lowest BCUT2D eigenvalue weighted by atomic mass is 10.2. The second-order valence-electron chi connectivity index (χ2n) is 4.37. The van der Waals surface area contributed by atoms with Gasteiger partial charge in [-0.25, -0.2) is 14.2 Å². The van der Waals surface area contributed by atoms with E-state index in [-0.39, 0.29) is 19.2 Å². The van der Waals surface area contributed by atoms with Crippen molar-refractivity contribution in [3.8, 4) is 11.5 Å². The average molecular weight is 290 g/mol. The van der Waals surface area contributed by atoms with Crippen LogP contribution in [-0.4, -0.2) is 22.9 Å². The second kappa shape index (κ2) is 5.28. The Kier molecular flexibility index (Phi) is 3.31. The number of pyridine rings is 1. The monoisotopic (exact) mass is 290 g/mol. The minimum absolute atomic E-state index is 0.104. The standard InChI is InChI=1S/C14H11FN2O4/c15-12-9(14(18)19)3-4-16-13(12)17-6-8-1-2-10-11(5-8)21-7-20-10/h1-5H,6-7H2,(H,16,17)(H,18,19). The Hall–Kier alpha value is -2.83. The van der Waals surface area contributed by atoms with Crippen LogP contribution in [0.4, 0.5) is 10.2 Å². The molecule has 2 N–H and O–H groups in total. The van der Waals surface area contributed by atoms with E-state index in [1.54, 1.807) is 18.2 Å². The van der Waals surface area contributed by atoms with Gasteiger partial charge in [-0.2, -0.15) is 0 Å². The maximum Gasteiger partial charge on any atom is 0.338 e. The lowest BCUT2D eigenvalue weighted by molar-refractivity contribution is 0.0692. The third-order valence-corrected chi connectivity index (χ3v) is 3.02. The normalized spacial score (nSPS) is 12.2. The van der Waals surface area contributed by atoms with Crippen molar-refractivity contribution in [1.82, 2.24) is 4.98 Å². The number of aromatic carboxylic acids is 1. The highest BCUT2D eigenvalue weighted by atomic mass is 19.1. The summed E-state index contributed by atoms with van der Waals surface area (Å²) >= 11 is 0. The minimum Gasteiger partial charge on any atom is -0.478 e. The molecule has 0 amide bonds. The lowest BCUT2D eigenvalue weighted by Crippen LogP contribution is -2.08. The Morgan fingerprint density at radius 3 is 2.95 bits per heavy atom. The highest BCUT2D eigenvalue weighted by Crippen LogP contribution is 2.32. The fraction of sp³-hybridized carbons (Fsp3) is 0.143. The number of hydrogen-bond acceptors (Lipinski definition) is 5. The molecule has 6 nitrogen and oxygen atoms in total. The summed E-state index contributed by atoms with van der Waals surface area (Å²) in [6.45, 7) is 0.465. The van der Waals surface area contributed by atoms with Crippen molar-refractivity contribution in [3.05, 3.63) is 47.4 Å². The summed E-state index contributed by atoms with van der Waals surface area (Å²) in [6.07, 6.45) is 1.24. The number of carboxylic acids is 1. The van der Waals surface area contributed by atoms with Gasteiger partial charge in [0.2, 0.25) is 6.79 Å². The highest BCUT2D eigenvalue weighted by molar-refractivity contribution is 5.88. The molecule has 1 aliphatic rings. The molecule has 0 bridgehead atoms. The molecule has 21 heavy (non-hydrogen) atoms. The Morgan fingerprint density at radius 2 is 2.14 bits per heavy atom. The third-order valence-electron chi connectivity index (χ3n) is 3.02. The van der Waals surface area contributed by atoms with Gasteiger partial charge in [-0.3, -0.25) is 0 Å². The molecule has 0 spiro atoms. The molecule has 0 radical (unpaired) electrons.